The third kappa shape index (κ3) is 4.26. The molecule has 3 aromatic rings. The van der Waals surface area contributed by atoms with Crippen molar-refractivity contribution >= 4 is 45.2 Å². The number of amides is 2. The lowest BCUT2D eigenvalue weighted by Gasteiger charge is -2.41. The number of anilines is 2. The number of benzene rings is 3. The summed E-state index contributed by atoms with van der Waals surface area (Å²) >= 11 is 3.45. The molecule has 0 radical (unpaired) electrons. The summed E-state index contributed by atoms with van der Waals surface area (Å²) in [5, 5.41) is 0. The van der Waals surface area contributed by atoms with Crippen LogP contribution in [-0.4, -0.2) is 24.4 Å². The second-order valence-corrected chi connectivity index (χ2v) is 9.00. The van der Waals surface area contributed by atoms with E-state index >= 15 is 0 Å². The van der Waals surface area contributed by atoms with E-state index in [0.717, 1.165) is 32.4 Å². The lowest BCUT2D eigenvalue weighted by atomic mass is 9.97. The van der Waals surface area contributed by atoms with Crippen molar-refractivity contribution in [3.05, 3.63) is 99.5 Å². The van der Waals surface area contributed by atoms with Gasteiger partial charge in [0.25, 0.3) is 5.91 Å². The Morgan fingerprint density at radius 2 is 1.62 bits per heavy atom. The number of hydrogen-bond acceptors (Lipinski definition) is 2. The monoisotopic (exact) mass is 488 g/mol. The van der Waals surface area contributed by atoms with Gasteiger partial charge in [-0.2, -0.15) is 0 Å². The predicted molar refractivity (Wildman–Crippen MR) is 134 cm³/mol. The Bertz CT molecular complexity index is 1190. The number of halogens is 1. The van der Waals surface area contributed by atoms with Gasteiger partial charge in [-0.15, -0.1) is 0 Å². The van der Waals surface area contributed by atoms with E-state index in [2.05, 4.69) is 15.9 Å². The minimum Gasteiger partial charge on any atom is -0.301 e. The Labute approximate surface area is 197 Å². The van der Waals surface area contributed by atoms with E-state index in [1.165, 1.54) is 0 Å². The zero-order valence-electron chi connectivity index (χ0n) is 18.4. The van der Waals surface area contributed by atoms with Crippen LogP contribution in [0.15, 0.2) is 82.8 Å². The Kier molecular flexibility index (Phi) is 6.28. The van der Waals surface area contributed by atoms with Gasteiger partial charge in [-0.3, -0.25) is 14.5 Å². The number of piperazine rings is 1. The third-order valence-corrected chi connectivity index (χ3v) is 6.45. The molecule has 1 aliphatic rings. The molecule has 0 saturated carbocycles. The zero-order chi connectivity index (χ0) is 22.8. The van der Waals surface area contributed by atoms with Crippen LogP contribution >= 0.6 is 15.9 Å². The smallest absolute Gasteiger partial charge is 0.254 e. The lowest BCUT2D eigenvalue weighted by molar-refractivity contribution is -0.127. The first-order valence-electron chi connectivity index (χ1n) is 10.6. The summed E-state index contributed by atoms with van der Waals surface area (Å²) in [6.07, 6.45) is 1.98. The van der Waals surface area contributed by atoms with E-state index in [-0.39, 0.29) is 18.4 Å². The first-order valence-corrected chi connectivity index (χ1v) is 11.3. The largest absolute Gasteiger partial charge is 0.301 e. The van der Waals surface area contributed by atoms with Gasteiger partial charge in [0.15, 0.2) is 0 Å². The van der Waals surface area contributed by atoms with Crippen molar-refractivity contribution in [2.24, 2.45) is 0 Å². The van der Waals surface area contributed by atoms with Gasteiger partial charge < -0.3 is 4.90 Å². The SMILES string of the molecule is CC(=Cc1ccccc1)C1C(=O)N(c2cccc(C)c2C)CC(=O)N1c1ccc(Br)cc1. The fourth-order valence-electron chi connectivity index (χ4n) is 4.11. The van der Waals surface area contributed by atoms with Crippen LogP contribution in [-0.2, 0) is 9.59 Å². The van der Waals surface area contributed by atoms with Gasteiger partial charge in [0.1, 0.15) is 12.6 Å². The quantitative estimate of drug-likeness (QED) is 0.457. The van der Waals surface area contributed by atoms with Crippen LogP contribution in [0.4, 0.5) is 11.4 Å². The van der Waals surface area contributed by atoms with E-state index < -0.39 is 6.04 Å². The molecule has 0 N–H and O–H groups in total. The summed E-state index contributed by atoms with van der Waals surface area (Å²) in [6.45, 7) is 5.93. The molecule has 0 aromatic heterocycles. The fraction of sp³-hybridized carbons (Fsp3) is 0.185. The van der Waals surface area contributed by atoms with Gasteiger partial charge in [-0.1, -0.05) is 64.5 Å². The van der Waals surface area contributed by atoms with Crippen LogP contribution in [0.1, 0.15) is 23.6 Å². The molecule has 0 aliphatic carbocycles. The van der Waals surface area contributed by atoms with E-state index in [1.807, 2.05) is 99.6 Å². The van der Waals surface area contributed by atoms with E-state index in [9.17, 15) is 9.59 Å². The molecule has 1 heterocycles. The molecule has 162 valence electrons. The van der Waals surface area contributed by atoms with E-state index in [0.29, 0.717) is 5.69 Å². The highest BCUT2D eigenvalue weighted by Gasteiger charge is 2.42. The molecule has 4 rings (SSSR count). The van der Waals surface area contributed by atoms with Crippen molar-refractivity contribution in [2.75, 3.05) is 16.3 Å². The summed E-state index contributed by atoms with van der Waals surface area (Å²) in [6, 6.07) is 22.5. The second kappa shape index (κ2) is 9.13. The van der Waals surface area contributed by atoms with Crippen LogP contribution < -0.4 is 9.80 Å². The Balaban J connectivity index is 1.82. The van der Waals surface area contributed by atoms with Crippen LogP contribution in [0.3, 0.4) is 0 Å². The maximum atomic E-state index is 13.9. The van der Waals surface area contributed by atoms with Crippen LogP contribution in [0.25, 0.3) is 6.08 Å². The van der Waals surface area contributed by atoms with Crippen LogP contribution in [0, 0.1) is 13.8 Å². The van der Waals surface area contributed by atoms with Gasteiger partial charge in [-0.25, -0.2) is 0 Å². The third-order valence-electron chi connectivity index (χ3n) is 5.92. The molecule has 4 nitrogen and oxygen atoms in total. The first kappa shape index (κ1) is 22.0. The first-order chi connectivity index (χ1) is 15.4. The van der Waals surface area contributed by atoms with Crippen molar-refractivity contribution in [2.45, 2.75) is 26.8 Å². The summed E-state index contributed by atoms with van der Waals surface area (Å²) in [4.78, 5) is 30.6. The van der Waals surface area contributed by atoms with Gasteiger partial charge >= 0.3 is 0 Å². The Hall–Kier alpha value is -3.18. The molecule has 1 fully saturated rings. The molecule has 1 unspecified atom stereocenters. The molecule has 1 saturated heterocycles. The summed E-state index contributed by atoms with van der Waals surface area (Å²) in [5.41, 5.74) is 5.40. The standard InChI is InChI=1S/C27H25BrN2O2/c1-18-8-7-11-24(20(18)3)29-17-25(31)30(23-14-12-22(28)13-15-23)26(27(29)32)19(2)16-21-9-5-4-6-10-21/h4-16,26H,17H2,1-3H3. The van der Waals surface area contributed by atoms with E-state index in [4.69, 9.17) is 0 Å². The maximum Gasteiger partial charge on any atom is 0.254 e. The van der Waals surface area contributed by atoms with Crippen molar-refractivity contribution in [1.82, 2.24) is 0 Å². The number of rotatable bonds is 4. The molecule has 0 spiro atoms. The van der Waals surface area contributed by atoms with Crippen molar-refractivity contribution in [1.29, 1.82) is 0 Å². The molecule has 5 heteroatoms. The van der Waals surface area contributed by atoms with Crippen molar-refractivity contribution in [3.63, 3.8) is 0 Å². The number of nitrogens with zero attached hydrogens (tertiary/aromatic N) is 2. The zero-order valence-corrected chi connectivity index (χ0v) is 20.0. The van der Waals surface area contributed by atoms with Gasteiger partial charge in [0.2, 0.25) is 5.91 Å². The molecular weight excluding hydrogens is 464 g/mol. The number of hydrogen-bond donors (Lipinski definition) is 0. The lowest BCUT2D eigenvalue weighted by Crippen LogP contribution is -2.61. The Morgan fingerprint density at radius 1 is 0.938 bits per heavy atom. The topological polar surface area (TPSA) is 40.6 Å². The molecule has 2 amide bonds. The van der Waals surface area contributed by atoms with Crippen LogP contribution in [0.5, 0.6) is 0 Å². The Morgan fingerprint density at radius 3 is 2.31 bits per heavy atom. The highest BCUT2D eigenvalue weighted by atomic mass is 79.9. The summed E-state index contributed by atoms with van der Waals surface area (Å²) < 4.78 is 0.919. The number of aryl methyl sites for hydroxylation is 1. The summed E-state index contributed by atoms with van der Waals surface area (Å²) in [5.74, 6) is -0.218. The van der Waals surface area contributed by atoms with Gasteiger partial charge in [0.05, 0.1) is 0 Å². The minimum atomic E-state index is -0.724. The molecule has 32 heavy (non-hydrogen) atoms. The number of carbonyl (C=O) groups excluding carboxylic acids is 2. The average molecular weight is 489 g/mol. The van der Waals surface area contributed by atoms with Crippen LogP contribution in [0.2, 0.25) is 0 Å². The van der Waals surface area contributed by atoms with Gasteiger partial charge in [-0.05, 0) is 73.4 Å². The van der Waals surface area contributed by atoms with E-state index in [1.54, 1.807) is 9.80 Å². The normalized spacial score (nSPS) is 17.1. The average Bonchev–Trinajstić information content (AvgIpc) is 2.78. The highest BCUT2D eigenvalue weighted by Crippen LogP contribution is 2.32. The molecule has 1 aliphatic heterocycles. The molecule has 1 atom stereocenters. The second-order valence-electron chi connectivity index (χ2n) is 8.09. The fourth-order valence-corrected chi connectivity index (χ4v) is 4.37. The van der Waals surface area contributed by atoms with Gasteiger partial charge in [0, 0.05) is 15.8 Å². The minimum absolute atomic E-state index is 0.00824. The summed E-state index contributed by atoms with van der Waals surface area (Å²) in [7, 11) is 0. The maximum absolute atomic E-state index is 13.9. The predicted octanol–water partition coefficient (Wildman–Crippen LogP) is 5.92. The van der Waals surface area contributed by atoms with Crippen molar-refractivity contribution < 1.29 is 9.59 Å². The highest BCUT2D eigenvalue weighted by molar-refractivity contribution is 9.10. The molecular formula is C27H25BrN2O2. The molecule has 0 bridgehead atoms. The number of carbonyl (C=O) groups is 2. The molecule has 3 aromatic carbocycles. The van der Waals surface area contributed by atoms with Crippen molar-refractivity contribution in [3.8, 4) is 0 Å².